The van der Waals surface area contributed by atoms with Crippen molar-refractivity contribution in [2.75, 3.05) is 10.6 Å². The molecule has 3 aromatic rings. The van der Waals surface area contributed by atoms with Crippen molar-refractivity contribution in [2.24, 2.45) is 0 Å². The number of imidazole rings is 1. The Morgan fingerprint density at radius 2 is 1.54 bits per heavy atom. The number of H-pyrrole nitrogens is 1. The number of aromatic amines is 1. The van der Waals surface area contributed by atoms with Crippen molar-refractivity contribution in [1.29, 1.82) is 0 Å². The molecule has 0 fully saturated rings. The summed E-state index contributed by atoms with van der Waals surface area (Å²) in [5, 5.41) is 3.98. The van der Waals surface area contributed by atoms with Gasteiger partial charge in [-0.3, -0.25) is 0 Å². The number of carbonyl (C=O) groups excluding carboxylic acids is 1. The van der Waals surface area contributed by atoms with Gasteiger partial charge in [0.2, 0.25) is 5.82 Å². The van der Waals surface area contributed by atoms with Gasteiger partial charge in [0, 0.05) is 11.4 Å². The third-order valence-corrected chi connectivity index (χ3v) is 3.87. The van der Waals surface area contributed by atoms with Crippen LogP contribution in [0, 0.1) is 0 Å². The van der Waals surface area contributed by atoms with E-state index in [1.165, 1.54) is 24.3 Å². The highest BCUT2D eigenvalue weighted by molar-refractivity contribution is 6.31. The maximum atomic E-state index is 12.8. The van der Waals surface area contributed by atoms with Crippen LogP contribution in [0.25, 0.3) is 11.0 Å². The topological polar surface area (TPSA) is 69.8 Å². The number of carbonyl (C=O) groups is 1. The number of benzene rings is 2. The molecule has 3 rings (SSSR count). The summed E-state index contributed by atoms with van der Waals surface area (Å²) in [7, 11) is 0. The van der Waals surface area contributed by atoms with Crippen LogP contribution in [0.5, 0.6) is 0 Å². The van der Waals surface area contributed by atoms with Crippen LogP contribution in [0.15, 0.2) is 36.4 Å². The average molecular weight is 423 g/mol. The fourth-order valence-corrected chi connectivity index (χ4v) is 2.56. The summed E-state index contributed by atoms with van der Waals surface area (Å²) < 4.78 is 76.5. The second-order valence-electron chi connectivity index (χ2n) is 5.59. The summed E-state index contributed by atoms with van der Waals surface area (Å²) in [6, 6.07) is 5.67. The number of halogens is 7. The van der Waals surface area contributed by atoms with E-state index in [2.05, 4.69) is 20.6 Å². The summed E-state index contributed by atoms with van der Waals surface area (Å²) in [6.07, 6.45) is -9.36. The van der Waals surface area contributed by atoms with Crippen LogP contribution < -0.4 is 10.6 Å². The Hall–Kier alpha value is -2.95. The van der Waals surface area contributed by atoms with Crippen LogP contribution in [0.1, 0.15) is 11.4 Å². The van der Waals surface area contributed by atoms with Gasteiger partial charge in [-0.1, -0.05) is 11.6 Å². The van der Waals surface area contributed by atoms with E-state index in [1.807, 2.05) is 0 Å². The van der Waals surface area contributed by atoms with E-state index >= 15 is 0 Å². The zero-order valence-corrected chi connectivity index (χ0v) is 14.2. The molecule has 0 atom stereocenters. The number of fused-ring (bicyclic) bond motifs is 1. The van der Waals surface area contributed by atoms with Crippen LogP contribution >= 0.6 is 11.6 Å². The van der Waals surface area contributed by atoms with Gasteiger partial charge >= 0.3 is 18.4 Å². The molecule has 0 unspecified atom stereocenters. The maximum Gasteiger partial charge on any atom is 0.449 e. The van der Waals surface area contributed by atoms with Gasteiger partial charge in [0.05, 0.1) is 21.6 Å². The van der Waals surface area contributed by atoms with Crippen LogP contribution in [0.2, 0.25) is 5.02 Å². The molecule has 5 nitrogen and oxygen atoms in total. The molecule has 0 aliphatic heterocycles. The normalized spacial score (nSPS) is 12.2. The lowest BCUT2D eigenvalue weighted by Gasteiger charge is -2.12. The molecule has 0 radical (unpaired) electrons. The first-order chi connectivity index (χ1) is 12.9. The molecule has 0 spiro atoms. The standard InChI is InChI=1S/C16H9ClF6N4O/c17-10-3-1-7(5-9(10)15(18,19)20)24-14(28)25-8-2-4-11-12(6-8)27-13(26-11)16(21,22)23/h1-6H,(H,26,27)(H2,24,25,28). The van der Waals surface area contributed by atoms with Crippen molar-refractivity contribution < 1.29 is 31.1 Å². The molecule has 3 N–H and O–H groups in total. The third-order valence-electron chi connectivity index (χ3n) is 3.54. The van der Waals surface area contributed by atoms with E-state index in [0.29, 0.717) is 6.07 Å². The van der Waals surface area contributed by atoms with Gasteiger partial charge in [-0.05, 0) is 36.4 Å². The lowest BCUT2D eigenvalue weighted by atomic mass is 10.2. The molecule has 28 heavy (non-hydrogen) atoms. The number of anilines is 2. The van der Waals surface area contributed by atoms with E-state index < -0.39 is 34.8 Å². The Bertz CT molecular complexity index is 1040. The van der Waals surface area contributed by atoms with Crippen molar-refractivity contribution in [3.8, 4) is 0 Å². The Kier molecular flexibility index (Phi) is 4.88. The van der Waals surface area contributed by atoms with Gasteiger partial charge in [-0.2, -0.15) is 26.3 Å². The summed E-state index contributed by atoms with van der Waals surface area (Å²) in [4.78, 5) is 17.5. The number of hydrogen-bond acceptors (Lipinski definition) is 2. The molecule has 148 valence electrons. The van der Waals surface area contributed by atoms with E-state index in [0.717, 1.165) is 6.07 Å². The second kappa shape index (κ2) is 6.89. The predicted octanol–water partition coefficient (Wildman–Crippen LogP) is 5.90. The molecule has 0 saturated carbocycles. The Labute approximate surface area is 157 Å². The van der Waals surface area contributed by atoms with Crippen molar-refractivity contribution in [3.63, 3.8) is 0 Å². The summed E-state index contributed by atoms with van der Waals surface area (Å²) in [5.74, 6) is -1.19. The maximum absolute atomic E-state index is 12.8. The van der Waals surface area contributed by atoms with E-state index in [1.54, 1.807) is 0 Å². The zero-order chi connectivity index (χ0) is 20.7. The second-order valence-corrected chi connectivity index (χ2v) is 5.99. The Balaban J connectivity index is 1.76. The summed E-state index contributed by atoms with van der Waals surface area (Å²) in [5.41, 5.74) is -1.13. The minimum Gasteiger partial charge on any atom is -0.334 e. The molecule has 0 bridgehead atoms. The van der Waals surface area contributed by atoms with Gasteiger partial charge in [0.1, 0.15) is 0 Å². The zero-order valence-electron chi connectivity index (χ0n) is 13.5. The third kappa shape index (κ3) is 4.30. The number of amides is 2. The Morgan fingerprint density at radius 3 is 2.14 bits per heavy atom. The first-order valence-corrected chi connectivity index (χ1v) is 7.83. The number of nitrogens with one attached hydrogen (secondary N) is 3. The molecular formula is C16H9ClF6N4O. The van der Waals surface area contributed by atoms with E-state index in [4.69, 9.17) is 11.6 Å². The predicted molar refractivity (Wildman–Crippen MR) is 90.2 cm³/mol. The largest absolute Gasteiger partial charge is 0.449 e. The lowest BCUT2D eigenvalue weighted by Crippen LogP contribution is -2.19. The molecule has 0 aliphatic rings. The number of alkyl halides is 6. The van der Waals surface area contributed by atoms with Crippen LogP contribution in [-0.2, 0) is 12.4 Å². The van der Waals surface area contributed by atoms with Crippen molar-refractivity contribution in [3.05, 3.63) is 52.8 Å². The molecule has 1 aromatic heterocycles. The first kappa shape index (κ1) is 19.8. The number of urea groups is 1. The fourth-order valence-electron chi connectivity index (χ4n) is 2.34. The van der Waals surface area contributed by atoms with Crippen LogP contribution in [0.4, 0.5) is 42.5 Å². The van der Waals surface area contributed by atoms with Crippen LogP contribution in [0.3, 0.4) is 0 Å². The van der Waals surface area contributed by atoms with Gasteiger partial charge in [-0.15, -0.1) is 0 Å². The lowest BCUT2D eigenvalue weighted by molar-refractivity contribution is -0.144. The number of hydrogen-bond donors (Lipinski definition) is 3. The quantitative estimate of drug-likeness (QED) is 0.450. The molecule has 2 aromatic carbocycles. The molecule has 12 heteroatoms. The smallest absolute Gasteiger partial charge is 0.334 e. The number of aromatic nitrogens is 2. The summed E-state index contributed by atoms with van der Waals surface area (Å²) >= 11 is 5.50. The van der Waals surface area contributed by atoms with Crippen molar-refractivity contribution in [2.45, 2.75) is 12.4 Å². The Morgan fingerprint density at radius 1 is 0.929 bits per heavy atom. The van der Waals surface area contributed by atoms with Crippen molar-refractivity contribution in [1.82, 2.24) is 9.97 Å². The molecule has 0 aliphatic carbocycles. The van der Waals surface area contributed by atoms with E-state index in [9.17, 15) is 31.1 Å². The fraction of sp³-hybridized carbons (Fsp3) is 0.125. The minimum absolute atomic E-state index is 0.0241. The highest BCUT2D eigenvalue weighted by Gasteiger charge is 2.35. The molecular weight excluding hydrogens is 414 g/mol. The number of nitrogens with zero attached hydrogens (tertiary/aromatic N) is 1. The van der Waals surface area contributed by atoms with Crippen molar-refractivity contribution >= 4 is 40.0 Å². The van der Waals surface area contributed by atoms with Gasteiger partial charge in [-0.25, -0.2) is 9.78 Å². The summed E-state index contributed by atoms with van der Waals surface area (Å²) in [6.45, 7) is 0. The van der Waals surface area contributed by atoms with Crippen LogP contribution in [-0.4, -0.2) is 16.0 Å². The van der Waals surface area contributed by atoms with Gasteiger partial charge in [0.15, 0.2) is 0 Å². The average Bonchev–Trinajstić information content (AvgIpc) is 2.99. The van der Waals surface area contributed by atoms with Gasteiger partial charge < -0.3 is 15.6 Å². The molecule has 0 saturated heterocycles. The molecule has 2 amide bonds. The molecule has 1 heterocycles. The first-order valence-electron chi connectivity index (χ1n) is 7.45. The highest BCUT2D eigenvalue weighted by Crippen LogP contribution is 2.36. The number of rotatable bonds is 2. The highest BCUT2D eigenvalue weighted by atomic mass is 35.5. The monoisotopic (exact) mass is 422 g/mol. The SMILES string of the molecule is O=C(Nc1ccc(Cl)c(C(F)(F)F)c1)Nc1ccc2nc(C(F)(F)F)[nH]c2c1. The van der Waals surface area contributed by atoms with Gasteiger partial charge in [0.25, 0.3) is 0 Å². The van der Waals surface area contributed by atoms with E-state index in [-0.39, 0.29) is 22.4 Å². The minimum atomic E-state index is -4.70.